The number of fused-ring (bicyclic) bond motifs is 1. The van der Waals surface area contributed by atoms with Gasteiger partial charge in [-0.25, -0.2) is 14.5 Å². The first-order valence-electron chi connectivity index (χ1n) is 3.14. The fourth-order valence-electron chi connectivity index (χ4n) is 1.26. The molecule has 2 aliphatic heterocycles. The maximum Gasteiger partial charge on any atom is 0.326 e. The zero-order valence-electron chi connectivity index (χ0n) is 5.26. The van der Waals surface area contributed by atoms with Crippen LogP contribution in [-0.2, 0) is 0 Å². The van der Waals surface area contributed by atoms with E-state index in [0.29, 0.717) is 13.1 Å². The number of rotatable bonds is 0. The van der Waals surface area contributed by atoms with Gasteiger partial charge in [0, 0.05) is 13.1 Å². The van der Waals surface area contributed by atoms with Crippen LogP contribution in [0.2, 0.25) is 0 Å². The van der Waals surface area contributed by atoms with Crippen molar-refractivity contribution in [1.29, 1.82) is 0 Å². The number of nitrogens with one attached hydrogen (secondary N) is 2. The number of urea groups is 2. The maximum absolute atomic E-state index is 10.8. The van der Waals surface area contributed by atoms with Crippen LogP contribution in [0.5, 0.6) is 0 Å². The van der Waals surface area contributed by atoms with Crippen LogP contribution >= 0.6 is 0 Å². The van der Waals surface area contributed by atoms with Crippen molar-refractivity contribution in [2.45, 2.75) is 6.04 Å². The summed E-state index contributed by atoms with van der Waals surface area (Å²) in [5.41, 5.74) is 0. The van der Waals surface area contributed by atoms with Crippen LogP contribution in [0.1, 0.15) is 0 Å². The molecule has 0 saturated carbocycles. The third-order valence-corrected chi connectivity index (χ3v) is 1.78. The van der Waals surface area contributed by atoms with Crippen molar-refractivity contribution in [1.82, 2.24) is 15.5 Å². The first-order valence-corrected chi connectivity index (χ1v) is 3.14. The van der Waals surface area contributed by atoms with Crippen LogP contribution in [0, 0.1) is 0 Å². The summed E-state index contributed by atoms with van der Waals surface area (Å²) in [6.07, 6.45) is 0. The minimum atomic E-state index is -0.278. The van der Waals surface area contributed by atoms with Crippen molar-refractivity contribution >= 4 is 12.1 Å². The molecule has 5 heteroatoms. The average Bonchev–Trinajstić information content (AvgIpc) is 2.40. The van der Waals surface area contributed by atoms with E-state index in [-0.39, 0.29) is 18.1 Å². The molecule has 2 aliphatic rings. The van der Waals surface area contributed by atoms with Crippen molar-refractivity contribution < 1.29 is 9.59 Å². The van der Waals surface area contributed by atoms with E-state index in [2.05, 4.69) is 10.6 Å². The summed E-state index contributed by atoms with van der Waals surface area (Å²) in [6.45, 7) is 1.16. The second-order valence-corrected chi connectivity index (χ2v) is 2.40. The third-order valence-electron chi connectivity index (χ3n) is 1.78. The summed E-state index contributed by atoms with van der Waals surface area (Å²) < 4.78 is 0. The van der Waals surface area contributed by atoms with E-state index in [1.165, 1.54) is 4.90 Å². The predicted molar refractivity (Wildman–Crippen MR) is 32.4 cm³/mol. The Morgan fingerprint density at radius 3 is 2.10 bits per heavy atom. The highest BCUT2D eigenvalue weighted by atomic mass is 16.2. The molecule has 2 N–H and O–H groups in total. The number of carbonyl (C=O) groups is 2. The van der Waals surface area contributed by atoms with Gasteiger partial charge < -0.3 is 10.6 Å². The van der Waals surface area contributed by atoms with Gasteiger partial charge in [0.1, 0.15) is 0 Å². The molecule has 0 radical (unpaired) electrons. The molecule has 0 aromatic heterocycles. The molecule has 0 bridgehead atoms. The van der Waals surface area contributed by atoms with Gasteiger partial charge in [-0.2, -0.15) is 0 Å². The molecule has 0 aromatic carbocycles. The van der Waals surface area contributed by atoms with Gasteiger partial charge in [-0.1, -0.05) is 0 Å². The number of nitrogens with zero attached hydrogens (tertiary/aromatic N) is 1. The Labute approximate surface area is 57.4 Å². The lowest BCUT2D eigenvalue weighted by atomic mass is 10.3. The average molecular weight is 141 g/mol. The minimum Gasteiger partial charge on any atom is -0.335 e. The molecular weight excluding hydrogens is 134 g/mol. The standard InChI is InChI=1S/C5H7N3O2/c9-4-6-1-3-2-7-5(10)8(3)4/h3H,1-2H2,(H,6,9)(H,7,10). The summed E-state index contributed by atoms with van der Waals surface area (Å²) in [7, 11) is 0. The SMILES string of the molecule is O=C1NCC2CNC(=O)N12. The van der Waals surface area contributed by atoms with Crippen LogP contribution < -0.4 is 10.6 Å². The van der Waals surface area contributed by atoms with Crippen molar-refractivity contribution in [2.24, 2.45) is 0 Å². The van der Waals surface area contributed by atoms with E-state index in [0.717, 1.165) is 0 Å². The van der Waals surface area contributed by atoms with E-state index < -0.39 is 0 Å². The fraction of sp³-hybridized carbons (Fsp3) is 0.600. The van der Waals surface area contributed by atoms with Gasteiger partial charge in [0.25, 0.3) is 0 Å². The quantitative estimate of drug-likeness (QED) is 0.459. The Hall–Kier alpha value is -1.26. The van der Waals surface area contributed by atoms with Crippen LogP contribution in [0.3, 0.4) is 0 Å². The lowest BCUT2D eigenvalue weighted by Crippen LogP contribution is -2.35. The van der Waals surface area contributed by atoms with E-state index in [1.54, 1.807) is 0 Å². The molecule has 2 rings (SSSR count). The highest BCUT2D eigenvalue weighted by molar-refractivity contribution is 5.97. The smallest absolute Gasteiger partial charge is 0.326 e. The van der Waals surface area contributed by atoms with Gasteiger partial charge in [0.05, 0.1) is 6.04 Å². The molecule has 2 saturated heterocycles. The Morgan fingerprint density at radius 2 is 1.70 bits per heavy atom. The molecule has 2 heterocycles. The predicted octanol–water partition coefficient (Wildman–Crippen LogP) is -0.897. The Morgan fingerprint density at radius 1 is 1.20 bits per heavy atom. The van der Waals surface area contributed by atoms with Gasteiger partial charge in [-0.05, 0) is 0 Å². The highest BCUT2D eigenvalue weighted by Crippen LogP contribution is 2.11. The van der Waals surface area contributed by atoms with E-state index >= 15 is 0 Å². The van der Waals surface area contributed by atoms with Gasteiger partial charge >= 0.3 is 12.1 Å². The third kappa shape index (κ3) is 0.516. The second-order valence-electron chi connectivity index (χ2n) is 2.40. The molecule has 0 spiro atoms. The van der Waals surface area contributed by atoms with Crippen LogP contribution in [0.4, 0.5) is 9.59 Å². The van der Waals surface area contributed by atoms with Crippen molar-refractivity contribution in [3.63, 3.8) is 0 Å². The lowest BCUT2D eigenvalue weighted by Gasteiger charge is -2.06. The topological polar surface area (TPSA) is 61.4 Å². The van der Waals surface area contributed by atoms with Crippen LogP contribution in [-0.4, -0.2) is 36.1 Å². The first kappa shape index (κ1) is 5.52. The van der Waals surface area contributed by atoms with Gasteiger partial charge in [-0.3, -0.25) is 0 Å². The highest BCUT2D eigenvalue weighted by Gasteiger charge is 2.40. The summed E-state index contributed by atoms with van der Waals surface area (Å²) in [5, 5.41) is 5.16. The van der Waals surface area contributed by atoms with Crippen molar-refractivity contribution in [2.75, 3.05) is 13.1 Å². The Bertz CT molecular complexity index is 183. The Kier molecular flexibility index (Phi) is 0.893. The number of hydrogen-bond acceptors (Lipinski definition) is 2. The summed E-state index contributed by atoms with van der Waals surface area (Å²) in [5.74, 6) is 0. The van der Waals surface area contributed by atoms with E-state index in [1.807, 2.05) is 0 Å². The first-order chi connectivity index (χ1) is 4.79. The molecule has 0 unspecified atom stereocenters. The molecule has 2 fully saturated rings. The minimum absolute atomic E-state index is 0.0417. The van der Waals surface area contributed by atoms with Gasteiger partial charge in [0.15, 0.2) is 0 Å². The number of carbonyl (C=O) groups excluding carboxylic acids is 2. The second kappa shape index (κ2) is 1.62. The Balaban J connectivity index is 2.26. The number of hydrogen-bond donors (Lipinski definition) is 2. The summed E-state index contributed by atoms with van der Waals surface area (Å²) >= 11 is 0. The summed E-state index contributed by atoms with van der Waals surface area (Å²) in [6, 6.07) is -0.514. The number of imide groups is 1. The molecule has 10 heavy (non-hydrogen) atoms. The number of amides is 4. The largest absolute Gasteiger partial charge is 0.335 e. The van der Waals surface area contributed by atoms with Gasteiger partial charge in [0.2, 0.25) is 0 Å². The van der Waals surface area contributed by atoms with Gasteiger partial charge in [-0.15, -0.1) is 0 Å². The lowest BCUT2D eigenvalue weighted by molar-refractivity contribution is 0.203. The monoisotopic (exact) mass is 141 g/mol. The zero-order valence-corrected chi connectivity index (χ0v) is 5.26. The van der Waals surface area contributed by atoms with Crippen molar-refractivity contribution in [3.8, 4) is 0 Å². The molecule has 0 atom stereocenters. The molecular formula is C5H7N3O2. The van der Waals surface area contributed by atoms with Crippen LogP contribution in [0.25, 0.3) is 0 Å². The van der Waals surface area contributed by atoms with Crippen molar-refractivity contribution in [3.05, 3.63) is 0 Å². The fourth-order valence-corrected chi connectivity index (χ4v) is 1.26. The van der Waals surface area contributed by atoms with E-state index in [4.69, 9.17) is 0 Å². The summed E-state index contributed by atoms with van der Waals surface area (Å²) in [4.78, 5) is 22.9. The molecule has 0 aliphatic carbocycles. The van der Waals surface area contributed by atoms with Crippen LogP contribution in [0.15, 0.2) is 0 Å². The molecule has 0 aromatic rings. The normalized spacial score (nSPS) is 24.6. The molecule has 5 nitrogen and oxygen atoms in total. The molecule has 54 valence electrons. The van der Waals surface area contributed by atoms with E-state index in [9.17, 15) is 9.59 Å². The zero-order chi connectivity index (χ0) is 7.14. The maximum atomic E-state index is 10.8. The molecule has 4 amide bonds.